The SMILES string of the molecule is CCN(CCC(=O)NC1CCCCCC1)c1ccccc1. The Balaban J connectivity index is 1.76. The predicted molar refractivity (Wildman–Crippen MR) is 88.6 cm³/mol. The highest BCUT2D eigenvalue weighted by Crippen LogP contribution is 2.17. The van der Waals surface area contributed by atoms with Crippen LogP contribution in [0, 0.1) is 0 Å². The molecule has 0 bridgehead atoms. The number of carbonyl (C=O) groups is 1. The fourth-order valence-electron chi connectivity index (χ4n) is 3.07. The summed E-state index contributed by atoms with van der Waals surface area (Å²) in [6.07, 6.45) is 8.06. The topological polar surface area (TPSA) is 32.3 Å². The van der Waals surface area contributed by atoms with Crippen LogP contribution in [0.3, 0.4) is 0 Å². The Bertz CT molecular complexity index is 410. The van der Waals surface area contributed by atoms with E-state index in [1.54, 1.807) is 0 Å². The van der Waals surface area contributed by atoms with Gasteiger partial charge in [-0.15, -0.1) is 0 Å². The molecule has 3 heteroatoms. The normalized spacial score (nSPS) is 16.2. The number of carbonyl (C=O) groups excluding carboxylic acids is 1. The number of para-hydroxylation sites is 1. The molecular weight excluding hydrogens is 260 g/mol. The molecule has 1 N–H and O–H groups in total. The lowest BCUT2D eigenvalue weighted by Crippen LogP contribution is -2.37. The quantitative estimate of drug-likeness (QED) is 0.809. The van der Waals surface area contributed by atoms with Crippen LogP contribution in [0.1, 0.15) is 51.9 Å². The van der Waals surface area contributed by atoms with Crippen molar-refractivity contribution in [3.63, 3.8) is 0 Å². The van der Waals surface area contributed by atoms with Gasteiger partial charge in [0.05, 0.1) is 0 Å². The highest BCUT2D eigenvalue weighted by molar-refractivity contribution is 5.76. The molecular formula is C18H28N2O. The summed E-state index contributed by atoms with van der Waals surface area (Å²) < 4.78 is 0. The van der Waals surface area contributed by atoms with Gasteiger partial charge in [-0.3, -0.25) is 4.79 Å². The van der Waals surface area contributed by atoms with Crippen LogP contribution in [0.5, 0.6) is 0 Å². The largest absolute Gasteiger partial charge is 0.371 e. The van der Waals surface area contributed by atoms with Crippen molar-refractivity contribution in [3.8, 4) is 0 Å². The maximum atomic E-state index is 12.1. The molecule has 0 aromatic heterocycles. The lowest BCUT2D eigenvalue weighted by atomic mass is 10.1. The van der Waals surface area contributed by atoms with E-state index in [-0.39, 0.29) is 5.91 Å². The number of hydrogen-bond acceptors (Lipinski definition) is 2. The Kier molecular flexibility index (Phi) is 6.58. The molecule has 1 aromatic carbocycles. The van der Waals surface area contributed by atoms with E-state index in [4.69, 9.17) is 0 Å². The first kappa shape index (κ1) is 15.9. The summed E-state index contributed by atoms with van der Waals surface area (Å²) in [4.78, 5) is 14.4. The molecule has 0 unspecified atom stereocenters. The first-order valence-corrected chi connectivity index (χ1v) is 8.39. The predicted octanol–water partition coefficient (Wildman–Crippen LogP) is 3.74. The summed E-state index contributed by atoms with van der Waals surface area (Å²) in [5.41, 5.74) is 1.20. The molecule has 21 heavy (non-hydrogen) atoms. The summed E-state index contributed by atoms with van der Waals surface area (Å²) in [7, 11) is 0. The number of amides is 1. The van der Waals surface area contributed by atoms with E-state index in [0.29, 0.717) is 12.5 Å². The lowest BCUT2D eigenvalue weighted by molar-refractivity contribution is -0.121. The van der Waals surface area contributed by atoms with Gasteiger partial charge in [0, 0.05) is 31.2 Å². The summed E-state index contributed by atoms with van der Waals surface area (Å²) in [5, 5.41) is 3.22. The van der Waals surface area contributed by atoms with Gasteiger partial charge in [-0.2, -0.15) is 0 Å². The molecule has 0 atom stereocenters. The van der Waals surface area contributed by atoms with Crippen LogP contribution in [0.2, 0.25) is 0 Å². The Morgan fingerprint density at radius 1 is 1.14 bits per heavy atom. The van der Waals surface area contributed by atoms with Crippen LogP contribution in [0.25, 0.3) is 0 Å². The van der Waals surface area contributed by atoms with Gasteiger partial charge in [-0.25, -0.2) is 0 Å². The minimum absolute atomic E-state index is 0.205. The molecule has 0 saturated heterocycles. The highest BCUT2D eigenvalue weighted by Gasteiger charge is 2.15. The minimum atomic E-state index is 0.205. The molecule has 1 aromatic rings. The third kappa shape index (κ3) is 5.41. The summed E-state index contributed by atoms with van der Waals surface area (Å²) in [5.74, 6) is 0.205. The first-order valence-electron chi connectivity index (χ1n) is 8.39. The number of rotatable bonds is 6. The van der Waals surface area contributed by atoms with Crippen molar-refractivity contribution >= 4 is 11.6 Å². The van der Waals surface area contributed by atoms with E-state index in [0.717, 1.165) is 25.9 Å². The van der Waals surface area contributed by atoms with Gasteiger partial charge in [0.2, 0.25) is 5.91 Å². The Hall–Kier alpha value is -1.51. The second kappa shape index (κ2) is 8.71. The molecule has 0 heterocycles. The van der Waals surface area contributed by atoms with Gasteiger partial charge in [-0.05, 0) is 31.9 Å². The monoisotopic (exact) mass is 288 g/mol. The summed E-state index contributed by atoms with van der Waals surface area (Å²) >= 11 is 0. The molecule has 1 aliphatic rings. The first-order chi connectivity index (χ1) is 10.3. The van der Waals surface area contributed by atoms with Crippen molar-refractivity contribution in [2.24, 2.45) is 0 Å². The van der Waals surface area contributed by atoms with Crippen LogP contribution >= 0.6 is 0 Å². The zero-order chi connectivity index (χ0) is 14.9. The van der Waals surface area contributed by atoms with Crippen molar-refractivity contribution in [2.45, 2.75) is 57.9 Å². The fourth-order valence-corrected chi connectivity index (χ4v) is 3.07. The van der Waals surface area contributed by atoms with Crippen LogP contribution < -0.4 is 10.2 Å². The van der Waals surface area contributed by atoms with Gasteiger partial charge in [-0.1, -0.05) is 43.9 Å². The Morgan fingerprint density at radius 2 is 1.81 bits per heavy atom. The summed E-state index contributed by atoms with van der Waals surface area (Å²) in [6.45, 7) is 3.86. The third-order valence-corrected chi connectivity index (χ3v) is 4.33. The van der Waals surface area contributed by atoms with E-state index >= 15 is 0 Å². The molecule has 1 fully saturated rings. The number of hydrogen-bond donors (Lipinski definition) is 1. The van der Waals surface area contributed by atoms with Gasteiger partial charge in [0.1, 0.15) is 0 Å². The molecule has 1 saturated carbocycles. The highest BCUT2D eigenvalue weighted by atomic mass is 16.1. The second-order valence-electron chi connectivity index (χ2n) is 5.92. The molecule has 2 rings (SSSR count). The lowest BCUT2D eigenvalue weighted by Gasteiger charge is -2.23. The van der Waals surface area contributed by atoms with E-state index in [1.165, 1.54) is 31.4 Å². The average Bonchev–Trinajstić information content (AvgIpc) is 2.77. The smallest absolute Gasteiger partial charge is 0.221 e. The number of nitrogens with one attached hydrogen (secondary N) is 1. The van der Waals surface area contributed by atoms with Crippen molar-refractivity contribution in [1.29, 1.82) is 0 Å². The molecule has 3 nitrogen and oxygen atoms in total. The third-order valence-electron chi connectivity index (χ3n) is 4.33. The number of anilines is 1. The van der Waals surface area contributed by atoms with Crippen molar-refractivity contribution in [1.82, 2.24) is 5.32 Å². The molecule has 0 spiro atoms. The van der Waals surface area contributed by atoms with Crippen LogP contribution in [0.15, 0.2) is 30.3 Å². The van der Waals surface area contributed by atoms with E-state index in [1.807, 2.05) is 18.2 Å². The van der Waals surface area contributed by atoms with Gasteiger partial charge in [0.25, 0.3) is 0 Å². The van der Waals surface area contributed by atoms with Crippen molar-refractivity contribution in [2.75, 3.05) is 18.0 Å². The van der Waals surface area contributed by atoms with Crippen LogP contribution in [-0.2, 0) is 4.79 Å². The molecule has 1 amide bonds. The Morgan fingerprint density at radius 3 is 2.43 bits per heavy atom. The average molecular weight is 288 g/mol. The maximum Gasteiger partial charge on any atom is 0.221 e. The standard InChI is InChI=1S/C18H28N2O/c1-2-20(17-12-8-5-9-13-17)15-14-18(21)19-16-10-6-3-4-7-11-16/h5,8-9,12-13,16H,2-4,6-7,10-11,14-15H2,1H3,(H,19,21). The van der Waals surface area contributed by atoms with Gasteiger partial charge in [0.15, 0.2) is 0 Å². The Labute approximate surface area is 128 Å². The van der Waals surface area contributed by atoms with E-state index in [9.17, 15) is 4.79 Å². The second-order valence-corrected chi connectivity index (χ2v) is 5.92. The number of benzene rings is 1. The van der Waals surface area contributed by atoms with Gasteiger partial charge >= 0.3 is 0 Å². The zero-order valence-corrected chi connectivity index (χ0v) is 13.2. The van der Waals surface area contributed by atoms with Gasteiger partial charge < -0.3 is 10.2 Å². The van der Waals surface area contributed by atoms with E-state index in [2.05, 4.69) is 29.3 Å². The van der Waals surface area contributed by atoms with Crippen molar-refractivity contribution < 1.29 is 4.79 Å². The van der Waals surface area contributed by atoms with Crippen LogP contribution in [0.4, 0.5) is 5.69 Å². The van der Waals surface area contributed by atoms with Crippen LogP contribution in [-0.4, -0.2) is 25.0 Å². The van der Waals surface area contributed by atoms with Crippen molar-refractivity contribution in [3.05, 3.63) is 30.3 Å². The van der Waals surface area contributed by atoms with E-state index < -0.39 is 0 Å². The summed E-state index contributed by atoms with van der Waals surface area (Å²) in [6, 6.07) is 10.7. The zero-order valence-electron chi connectivity index (χ0n) is 13.2. The number of nitrogens with zero attached hydrogens (tertiary/aromatic N) is 1. The fraction of sp³-hybridized carbons (Fsp3) is 0.611. The molecule has 0 aliphatic heterocycles. The maximum absolute atomic E-state index is 12.1. The minimum Gasteiger partial charge on any atom is -0.371 e. The molecule has 116 valence electrons. The molecule has 0 radical (unpaired) electrons. The molecule has 1 aliphatic carbocycles.